The average molecular weight is 196 g/mol. The van der Waals surface area contributed by atoms with Crippen LogP contribution >= 0.6 is 11.6 Å². The molecule has 2 aromatic heterocycles. The second-order valence-electron chi connectivity index (χ2n) is 3.32. The van der Waals surface area contributed by atoms with Crippen LogP contribution in [0.15, 0.2) is 22.7 Å². The van der Waals surface area contributed by atoms with Crippen molar-refractivity contribution in [1.82, 2.24) is 4.98 Å². The van der Waals surface area contributed by atoms with E-state index in [4.69, 9.17) is 16.0 Å². The van der Waals surface area contributed by atoms with E-state index in [1.54, 1.807) is 12.3 Å². The van der Waals surface area contributed by atoms with Crippen molar-refractivity contribution in [1.29, 1.82) is 0 Å². The van der Waals surface area contributed by atoms with E-state index in [2.05, 4.69) is 18.8 Å². The topological polar surface area (TPSA) is 26.0 Å². The molecule has 0 aliphatic carbocycles. The van der Waals surface area contributed by atoms with Gasteiger partial charge in [0.1, 0.15) is 5.52 Å². The molecule has 2 aromatic rings. The number of aromatic nitrogens is 1. The van der Waals surface area contributed by atoms with E-state index in [9.17, 15) is 0 Å². The highest BCUT2D eigenvalue weighted by Gasteiger charge is 2.10. The molecule has 0 unspecified atom stereocenters. The molecule has 0 spiro atoms. The van der Waals surface area contributed by atoms with Crippen LogP contribution in [0.5, 0.6) is 0 Å². The van der Waals surface area contributed by atoms with Crippen molar-refractivity contribution >= 4 is 22.7 Å². The molecule has 2 rings (SSSR count). The Labute approximate surface area is 81.5 Å². The summed E-state index contributed by atoms with van der Waals surface area (Å²) in [6, 6.07) is 3.70. The fraction of sp³-hybridized carbons (Fsp3) is 0.300. The minimum Gasteiger partial charge on any atom is -0.443 e. The van der Waals surface area contributed by atoms with Gasteiger partial charge in [-0.3, -0.25) is 4.98 Å². The molecule has 0 saturated carbocycles. The lowest BCUT2D eigenvalue weighted by atomic mass is 10.0. The minimum atomic E-state index is 0.399. The maximum absolute atomic E-state index is 5.75. The number of furan rings is 1. The van der Waals surface area contributed by atoms with Crippen molar-refractivity contribution in [3.05, 3.63) is 29.1 Å². The number of rotatable bonds is 1. The van der Waals surface area contributed by atoms with E-state index in [0.29, 0.717) is 11.1 Å². The summed E-state index contributed by atoms with van der Waals surface area (Å²) in [7, 11) is 0. The van der Waals surface area contributed by atoms with Gasteiger partial charge in [-0.2, -0.15) is 0 Å². The molecule has 0 fully saturated rings. The maximum Gasteiger partial charge on any atom is 0.196 e. The number of pyridine rings is 1. The molecule has 2 nitrogen and oxygen atoms in total. The second-order valence-corrected chi connectivity index (χ2v) is 3.69. The first kappa shape index (κ1) is 8.57. The third-order valence-electron chi connectivity index (χ3n) is 2.03. The summed E-state index contributed by atoms with van der Waals surface area (Å²) in [5, 5.41) is 0.399. The molecule has 13 heavy (non-hydrogen) atoms. The van der Waals surface area contributed by atoms with Gasteiger partial charge in [0.25, 0.3) is 0 Å². The van der Waals surface area contributed by atoms with E-state index < -0.39 is 0 Å². The van der Waals surface area contributed by atoms with E-state index in [0.717, 1.165) is 16.7 Å². The molecule has 0 aromatic carbocycles. The SMILES string of the molecule is CC(C)c1ccnc2cc(Cl)oc12. The highest BCUT2D eigenvalue weighted by atomic mass is 35.5. The Morgan fingerprint density at radius 2 is 2.23 bits per heavy atom. The Balaban J connectivity index is 2.75. The van der Waals surface area contributed by atoms with Crippen molar-refractivity contribution < 1.29 is 4.42 Å². The predicted molar refractivity (Wildman–Crippen MR) is 53.1 cm³/mol. The van der Waals surface area contributed by atoms with Crippen LogP contribution in [0, 0.1) is 0 Å². The number of halogens is 1. The van der Waals surface area contributed by atoms with Gasteiger partial charge in [-0.25, -0.2) is 0 Å². The smallest absolute Gasteiger partial charge is 0.196 e. The summed E-state index contributed by atoms with van der Waals surface area (Å²) in [6.45, 7) is 4.23. The van der Waals surface area contributed by atoms with E-state index in [1.807, 2.05) is 6.07 Å². The van der Waals surface area contributed by atoms with Gasteiger partial charge < -0.3 is 4.42 Å². The van der Waals surface area contributed by atoms with Gasteiger partial charge in [0.2, 0.25) is 0 Å². The lowest BCUT2D eigenvalue weighted by Gasteiger charge is -2.03. The summed E-state index contributed by atoms with van der Waals surface area (Å²) in [5.41, 5.74) is 2.79. The molecule has 0 saturated heterocycles. The van der Waals surface area contributed by atoms with Crippen LogP contribution in [0.1, 0.15) is 25.3 Å². The zero-order valence-corrected chi connectivity index (χ0v) is 8.30. The first-order valence-corrected chi connectivity index (χ1v) is 4.60. The first-order valence-electron chi connectivity index (χ1n) is 4.22. The van der Waals surface area contributed by atoms with Crippen LogP contribution in [-0.2, 0) is 0 Å². The van der Waals surface area contributed by atoms with Crippen LogP contribution in [0.3, 0.4) is 0 Å². The quantitative estimate of drug-likeness (QED) is 0.695. The van der Waals surface area contributed by atoms with Gasteiger partial charge in [0.15, 0.2) is 10.8 Å². The normalized spacial score (nSPS) is 11.4. The average Bonchev–Trinajstić information content (AvgIpc) is 2.43. The van der Waals surface area contributed by atoms with Gasteiger partial charge in [-0.05, 0) is 23.6 Å². The summed E-state index contributed by atoms with van der Waals surface area (Å²) < 4.78 is 5.36. The Morgan fingerprint density at radius 3 is 2.92 bits per heavy atom. The van der Waals surface area contributed by atoms with Crippen LogP contribution in [0.25, 0.3) is 11.1 Å². The molecule has 0 aliphatic heterocycles. The molecule has 0 amide bonds. The maximum atomic E-state index is 5.75. The Bertz CT molecular complexity index is 433. The molecule has 68 valence electrons. The van der Waals surface area contributed by atoms with Gasteiger partial charge in [0.05, 0.1) is 0 Å². The fourth-order valence-electron chi connectivity index (χ4n) is 1.38. The van der Waals surface area contributed by atoms with Crippen LogP contribution in [-0.4, -0.2) is 4.98 Å². The molecule has 0 N–H and O–H groups in total. The van der Waals surface area contributed by atoms with Crippen molar-refractivity contribution in [3.63, 3.8) is 0 Å². The standard InChI is InChI=1S/C10H10ClNO/c1-6(2)7-3-4-12-8-5-9(11)13-10(7)8/h3-6H,1-2H3. The third kappa shape index (κ3) is 1.42. The summed E-state index contributed by atoms with van der Waals surface area (Å²) in [6.07, 6.45) is 1.78. The minimum absolute atomic E-state index is 0.399. The largest absolute Gasteiger partial charge is 0.443 e. The molecule has 0 bridgehead atoms. The Morgan fingerprint density at radius 1 is 1.46 bits per heavy atom. The molecule has 2 heterocycles. The van der Waals surface area contributed by atoms with Crippen molar-refractivity contribution in [3.8, 4) is 0 Å². The van der Waals surface area contributed by atoms with Crippen LogP contribution < -0.4 is 0 Å². The first-order chi connectivity index (χ1) is 6.18. The molecule has 0 radical (unpaired) electrons. The predicted octanol–water partition coefficient (Wildman–Crippen LogP) is 3.60. The van der Waals surface area contributed by atoms with E-state index in [-0.39, 0.29) is 0 Å². The third-order valence-corrected chi connectivity index (χ3v) is 2.22. The lowest BCUT2D eigenvalue weighted by molar-refractivity contribution is 0.608. The summed E-state index contributed by atoms with van der Waals surface area (Å²) in [4.78, 5) is 4.17. The summed E-state index contributed by atoms with van der Waals surface area (Å²) >= 11 is 5.75. The fourth-order valence-corrected chi connectivity index (χ4v) is 1.56. The highest BCUT2D eigenvalue weighted by molar-refractivity contribution is 6.29. The zero-order chi connectivity index (χ0) is 9.42. The molecule has 3 heteroatoms. The summed E-state index contributed by atoms with van der Waals surface area (Å²) in [5.74, 6) is 0.424. The van der Waals surface area contributed by atoms with Gasteiger partial charge in [-0.15, -0.1) is 0 Å². The lowest BCUT2D eigenvalue weighted by Crippen LogP contribution is -1.88. The van der Waals surface area contributed by atoms with Crippen molar-refractivity contribution in [2.24, 2.45) is 0 Å². The van der Waals surface area contributed by atoms with Gasteiger partial charge in [-0.1, -0.05) is 13.8 Å². The van der Waals surface area contributed by atoms with Gasteiger partial charge >= 0.3 is 0 Å². The Hall–Kier alpha value is -1.02. The van der Waals surface area contributed by atoms with Crippen molar-refractivity contribution in [2.75, 3.05) is 0 Å². The van der Waals surface area contributed by atoms with E-state index >= 15 is 0 Å². The molecular weight excluding hydrogens is 186 g/mol. The van der Waals surface area contributed by atoms with Gasteiger partial charge in [0, 0.05) is 17.8 Å². The number of hydrogen-bond acceptors (Lipinski definition) is 2. The van der Waals surface area contributed by atoms with Crippen molar-refractivity contribution in [2.45, 2.75) is 19.8 Å². The highest BCUT2D eigenvalue weighted by Crippen LogP contribution is 2.28. The van der Waals surface area contributed by atoms with E-state index in [1.165, 1.54) is 0 Å². The molecular formula is C10H10ClNO. The van der Waals surface area contributed by atoms with Crippen LogP contribution in [0.2, 0.25) is 5.22 Å². The number of fused-ring (bicyclic) bond motifs is 1. The van der Waals surface area contributed by atoms with Crippen LogP contribution in [0.4, 0.5) is 0 Å². The molecule has 0 atom stereocenters. The zero-order valence-electron chi connectivity index (χ0n) is 7.54. The second kappa shape index (κ2) is 3.04. The number of hydrogen-bond donors (Lipinski definition) is 0. The monoisotopic (exact) mass is 195 g/mol. The Kier molecular flexibility index (Phi) is 2.00. The molecule has 0 aliphatic rings. The number of nitrogens with zero attached hydrogens (tertiary/aromatic N) is 1.